The summed E-state index contributed by atoms with van der Waals surface area (Å²) in [6, 6.07) is 8.67. The van der Waals surface area contributed by atoms with Crippen LogP contribution in [0.2, 0.25) is 0 Å². The van der Waals surface area contributed by atoms with Crippen molar-refractivity contribution in [2.75, 3.05) is 32.7 Å². The fraction of sp³-hybridized carbons (Fsp3) is 0.556. The van der Waals surface area contributed by atoms with Gasteiger partial charge in [-0.1, -0.05) is 46.3 Å². The molecule has 3 heteroatoms. The number of hydrogen-bond acceptors (Lipinski definition) is 0. The Balaban J connectivity index is 1.44. The fourth-order valence-electron chi connectivity index (χ4n) is 3.70. The largest absolute Gasteiger partial charge is 0.325 e. The topological polar surface area (TPSA) is 8.88 Å². The van der Waals surface area contributed by atoms with E-state index in [1.54, 1.807) is 4.90 Å². The Kier molecular flexibility index (Phi) is 5.50. The van der Waals surface area contributed by atoms with Gasteiger partial charge < -0.3 is 9.80 Å². The summed E-state index contributed by atoms with van der Waals surface area (Å²) in [6.07, 6.45) is 8.77. The van der Waals surface area contributed by atoms with Crippen molar-refractivity contribution in [2.45, 2.75) is 25.8 Å². The highest BCUT2D eigenvalue weighted by Crippen LogP contribution is 2.16. The molecule has 0 saturated carbocycles. The zero-order valence-electron chi connectivity index (χ0n) is 12.8. The van der Waals surface area contributed by atoms with Crippen LogP contribution < -0.4 is 9.80 Å². The summed E-state index contributed by atoms with van der Waals surface area (Å²) < 4.78 is 1.27. The molecule has 2 N–H and O–H groups in total. The van der Waals surface area contributed by atoms with Gasteiger partial charge in [0.1, 0.15) is 32.7 Å². The van der Waals surface area contributed by atoms with Gasteiger partial charge in [0.15, 0.2) is 0 Å². The van der Waals surface area contributed by atoms with Gasteiger partial charge in [0.05, 0.1) is 6.54 Å². The normalized spacial score (nSPS) is 29.5. The molecule has 1 aromatic rings. The lowest BCUT2D eigenvalue weighted by molar-refractivity contribution is -1.02. The highest BCUT2D eigenvalue weighted by molar-refractivity contribution is 9.10. The van der Waals surface area contributed by atoms with Crippen LogP contribution in [0.1, 0.15) is 24.8 Å². The van der Waals surface area contributed by atoms with E-state index < -0.39 is 0 Å². The molecule has 1 aliphatic heterocycles. The third-order valence-corrected chi connectivity index (χ3v) is 5.79. The van der Waals surface area contributed by atoms with Gasteiger partial charge in [-0.2, -0.15) is 0 Å². The second kappa shape index (κ2) is 7.57. The van der Waals surface area contributed by atoms with Crippen molar-refractivity contribution in [1.29, 1.82) is 0 Å². The molecule has 1 atom stereocenters. The standard InChI is InChI=1S/C18H25BrN2/c19-18-9-5-4-8-17(18)15-21-12-10-20(11-13-21)14-16-6-2-1-3-7-16/h1-2,4-5,8-9,16H,3,6-7,10-15H2/p+2/t16-/m0/s1. The lowest BCUT2D eigenvalue weighted by Gasteiger charge is -2.32. The number of hydrogen-bond donors (Lipinski definition) is 2. The molecule has 0 unspecified atom stereocenters. The number of piperazine rings is 1. The lowest BCUT2D eigenvalue weighted by Crippen LogP contribution is -3.27. The summed E-state index contributed by atoms with van der Waals surface area (Å²) in [7, 11) is 0. The maximum Gasteiger partial charge on any atom is 0.127 e. The molecule has 0 bridgehead atoms. The average molecular weight is 351 g/mol. The first kappa shape index (κ1) is 15.3. The van der Waals surface area contributed by atoms with Crippen LogP contribution in [0.3, 0.4) is 0 Å². The molecule has 2 aliphatic rings. The van der Waals surface area contributed by atoms with Crippen molar-refractivity contribution in [2.24, 2.45) is 5.92 Å². The number of halogens is 1. The summed E-state index contributed by atoms with van der Waals surface area (Å²) in [5.74, 6) is 0.940. The van der Waals surface area contributed by atoms with E-state index in [9.17, 15) is 0 Å². The van der Waals surface area contributed by atoms with Crippen molar-refractivity contribution in [3.05, 3.63) is 46.5 Å². The Morgan fingerprint density at radius 1 is 1.00 bits per heavy atom. The minimum absolute atomic E-state index is 0.940. The molecule has 1 heterocycles. The summed E-state index contributed by atoms with van der Waals surface area (Å²) in [5.41, 5.74) is 1.45. The van der Waals surface area contributed by atoms with Crippen molar-refractivity contribution in [3.63, 3.8) is 0 Å². The Morgan fingerprint density at radius 3 is 2.48 bits per heavy atom. The zero-order valence-corrected chi connectivity index (χ0v) is 14.4. The number of quaternary nitrogens is 2. The predicted molar refractivity (Wildman–Crippen MR) is 90.6 cm³/mol. The van der Waals surface area contributed by atoms with Crippen molar-refractivity contribution in [3.8, 4) is 0 Å². The summed E-state index contributed by atoms with van der Waals surface area (Å²) in [5, 5.41) is 0. The fourth-order valence-corrected chi connectivity index (χ4v) is 4.12. The summed E-state index contributed by atoms with van der Waals surface area (Å²) >= 11 is 3.68. The van der Waals surface area contributed by atoms with E-state index in [-0.39, 0.29) is 0 Å². The third kappa shape index (κ3) is 4.41. The van der Waals surface area contributed by atoms with E-state index >= 15 is 0 Å². The van der Waals surface area contributed by atoms with Crippen molar-refractivity contribution < 1.29 is 9.80 Å². The molecule has 1 aromatic carbocycles. The molecular weight excluding hydrogens is 324 g/mol. The van der Waals surface area contributed by atoms with E-state index in [0.717, 1.165) is 5.92 Å². The van der Waals surface area contributed by atoms with Crippen LogP contribution in [0.5, 0.6) is 0 Å². The molecule has 0 radical (unpaired) electrons. The number of rotatable bonds is 4. The second-order valence-electron chi connectivity index (χ2n) is 6.62. The maximum absolute atomic E-state index is 3.68. The average Bonchev–Trinajstić information content (AvgIpc) is 2.52. The van der Waals surface area contributed by atoms with Crippen LogP contribution in [-0.4, -0.2) is 32.7 Å². The first-order chi connectivity index (χ1) is 10.3. The van der Waals surface area contributed by atoms with E-state index in [4.69, 9.17) is 0 Å². The second-order valence-corrected chi connectivity index (χ2v) is 7.48. The molecule has 21 heavy (non-hydrogen) atoms. The highest BCUT2D eigenvalue weighted by atomic mass is 79.9. The van der Waals surface area contributed by atoms with Crippen molar-refractivity contribution in [1.82, 2.24) is 0 Å². The molecule has 1 aliphatic carbocycles. The van der Waals surface area contributed by atoms with Gasteiger partial charge in [-0.25, -0.2) is 0 Å². The molecule has 0 spiro atoms. The van der Waals surface area contributed by atoms with Crippen LogP contribution in [-0.2, 0) is 6.54 Å². The van der Waals surface area contributed by atoms with E-state index in [1.165, 1.54) is 68.6 Å². The minimum atomic E-state index is 0.940. The monoisotopic (exact) mass is 350 g/mol. The minimum Gasteiger partial charge on any atom is -0.325 e. The molecule has 0 aromatic heterocycles. The first-order valence-electron chi connectivity index (χ1n) is 8.37. The summed E-state index contributed by atoms with van der Waals surface area (Å²) in [4.78, 5) is 3.58. The van der Waals surface area contributed by atoms with Gasteiger partial charge in [-0.15, -0.1) is 0 Å². The van der Waals surface area contributed by atoms with Gasteiger partial charge in [-0.05, 0) is 25.3 Å². The smallest absolute Gasteiger partial charge is 0.127 e. The van der Waals surface area contributed by atoms with Gasteiger partial charge >= 0.3 is 0 Å². The molecule has 2 nitrogen and oxygen atoms in total. The molecule has 3 rings (SSSR count). The Morgan fingerprint density at radius 2 is 1.76 bits per heavy atom. The summed E-state index contributed by atoms with van der Waals surface area (Å²) in [6.45, 7) is 7.89. The molecule has 114 valence electrons. The zero-order chi connectivity index (χ0) is 14.5. The Bertz CT molecular complexity index is 478. The SMILES string of the molecule is Brc1ccccc1C[NH+]1CC[NH+](C[C@H]2CC=CCC2)CC1. The maximum atomic E-state index is 3.68. The van der Waals surface area contributed by atoms with Crippen molar-refractivity contribution >= 4 is 15.9 Å². The number of benzene rings is 1. The van der Waals surface area contributed by atoms with Crippen LogP contribution in [0.15, 0.2) is 40.9 Å². The van der Waals surface area contributed by atoms with E-state index in [1.807, 2.05) is 4.90 Å². The van der Waals surface area contributed by atoms with Crippen LogP contribution in [0, 0.1) is 5.92 Å². The predicted octanol–water partition coefficient (Wildman–Crippen LogP) is 1.09. The Labute approximate surface area is 136 Å². The van der Waals surface area contributed by atoms with E-state index in [0.29, 0.717) is 0 Å². The van der Waals surface area contributed by atoms with Gasteiger partial charge in [-0.3, -0.25) is 0 Å². The first-order valence-corrected chi connectivity index (χ1v) is 9.16. The molecule has 1 fully saturated rings. The van der Waals surface area contributed by atoms with Crippen LogP contribution >= 0.6 is 15.9 Å². The lowest BCUT2D eigenvalue weighted by atomic mass is 9.94. The van der Waals surface area contributed by atoms with Gasteiger partial charge in [0.25, 0.3) is 0 Å². The van der Waals surface area contributed by atoms with Gasteiger partial charge in [0.2, 0.25) is 0 Å². The number of nitrogens with one attached hydrogen (secondary N) is 2. The third-order valence-electron chi connectivity index (χ3n) is 5.02. The van der Waals surface area contributed by atoms with Crippen LogP contribution in [0.25, 0.3) is 0 Å². The van der Waals surface area contributed by atoms with Crippen LogP contribution in [0.4, 0.5) is 0 Å². The number of allylic oxidation sites excluding steroid dienone is 2. The highest BCUT2D eigenvalue weighted by Gasteiger charge is 2.25. The van der Waals surface area contributed by atoms with Gasteiger partial charge in [0, 0.05) is 16.0 Å². The molecule has 0 amide bonds. The van der Waals surface area contributed by atoms with E-state index in [2.05, 4.69) is 52.3 Å². The molecular formula is C18H27BrN2+2. The Hall–Kier alpha value is -0.640. The molecule has 1 saturated heterocycles. The quantitative estimate of drug-likeness (QED) is 0.752.